The Morgan fingerprint density at radius 3 is 2.48 bits per heavy atom. The lowest BCUT2D eigenvalue weighted by Crippen LogP contribution is -2.40. The predicted octanol–water partition coefficient (Wildman–Crippen LogP) is 4.98. The number of unbranched alkanes of at least 4 members (excludes halogenated alkanes) is 1. The number of benzene rings is 3. The molecule has 7 heteroatoms. The fourth-order valence-electron chi connectivity index (χ4n) is 3.74. The lowest BCUT2D eigenvalue weighted by atomic mass is 10.0. The third kappa shape index (κ3) is 4.18. The Bertz CT molecular complexity index is 1220. The Hall–Kier alpha value is -3.19. The number of carbonyl (C=O) groups excluding carboxylic acids is 1. The minimum absolute atomic E-state index is 0.0566. The van der Waals surface area contributed by atoms with E-state index < -0.39 is 28.3 Å². The zero-order valence-electron chi connectivity index (χ0n) is 17.1. The molecule has 0 fully saturated rings. The first-order chi connectivity index (χ1) is 14.9. The van der Waals surface area contributed by atoms with Crippen LogP contribution in [0.3, 0.4) is 0 Å². The first-order valence-corrected chi connectivity index (χ1v) is 11.6. The number of sulfonamides is 1. The van der Waals surface area contributed by atoms with Crippen molar-refractivity contribution in [2.75, 3.05) is 16.2 Å². The third-order valence-electron chi connectivity index (χ3n) is 5.32. The van der Waals surface area contributed by atoms with Gasteiger partial charge in [-0.05, 0) is 54.8 Å². The molecular weight excluding hydrogens is 415 g/mol. The number of fused-ring (bicyclic) bond motifs is 3. The van der Waals surface area contributed by atoms with Crippen LogP contribution in [0.5, 0.6) is 0 Å². The number of hydrogen-bond donors (Lipinski definition) is 1. The average molecular weight is 439 g/mol. The molecule has 1 aliphatic heterocycles. The van der Waals surface area contributed by atoms with Gasteiger partial charge in [-0.25, -0.2) is 12.8 Å². The van der Waals surface area contributed by atoms with E-state index in [1.165, 1.54) is 29.8 Å². The Morgan fingerprint density at radius 2 is 1.74 bits per heavy atom. The van der Waals surface area contributed by atoms with Crippen LogP contribution in [0.4, 0.5) is 15.8 Å². The fraction of sp³-hybridized carbons (Fsp3) is 0.208. The van der Waals surface area contributed by atoms with Gasteiger partial charge in [0.1, 0.15) is 12.4 Å². The second-order valence-electron chi connectivity index (χ2n) is 7.52. The highest BCUT2D eigenvalue weighted by atomic mass is 32.2. The molecule has 0 saturated heterocycles. The molecule has 1 aliphatic rings. The topological polar surface area (TPSA) is 66.5 Å². The second kappa shape index (κ2) is 8.51. The molecule has 0 saturated carbocycles. The van der Waals surface area contributed by atoms with Gasteiger partial charge in [0.2, 0.25) is 5.91 Å². The number of aryl methyl sites for hydroxylation is 1. The molecule has 5 nitrogen and oxygen atoms in total. The van der Waals surface area contributed by atoms with E-state index in [-0.39, 0.29) is 10.6 Å². The Kier molecular flexibility index (Phi) is 5.78. The van der Waals surface area contributed by atoms with E-state index in [0.717, 1.165) is 23.6 Å². The van der Waals surface area contributed by atoms with Gasteiger partial charge < -0.3 is 5.32 Å². The fourth-order valence-corrected chi connectivity index (χ4v) is 5.39. The molecule has 3 aromatic carbocycles. The molecular formula is C24H23FN2O3S. The lowest BCUT2D eigenvalue weighted by Gasteiger charge is -2.31. The predicted molar refractivity (Wildman–Crippen MR) is 120 cm³/mol. The van der Waals surface area contributed by atoms with E-state index in [9.17, 15) is 17.6 Å². The number of carbonyl (C=O) groups is 1. The van der Waals surface area contributed by atoms with E-state index in [0.29, 0.717) is 16.8 Å². The van der Waals surface area contributed by atoms with Crippen molar-refractivity contribution in [1.29, 1.82) is 0 Å². The summed E-state index contributed by atoms with van der Waals surface area (Å²) in [6.07, 6.45) is 3.18. The van der Waals surface area contributed by atoms with Crippen molar-refractivity contribution in [2.24, 2.45) is 0 Å². The van der Waals surface area contributed by atoms with Gasteiger partial charge in [-0.3, -0.25) is 9.10 Å². The smallest absolute Gasteiger partial charge is 0.265 e. The van der Waals surface area contributed by atoms with Crippen molar-refractivity contribution in [2.45, 2.75) is 31.1 Å². The van der Waals surface area contributed by atoms with E-state index in [2.05, 4.69) is 12.2 Å². The number of halogens is 1. The van der Waals surface area contributed by atoms with Crippen LogP contribution in [-0.2, 0) is 21.2 Å². The van der Waals surface area contributed by atoms with Crippen LogP contribution in [0.1, 0.15) is 25.3 Å². The molecule has 1 heterocycles. The van der Waals surface area contributed by atoms with Gasteiger partial charge in [0, 0.05) is 16.8 Å². The molecule has 0 radical (unpaired) electrons. The van der Waals surface area contributed by atoms with Crippen LogP contribution in [-0.4, -0.2) is 20.9 Å². The van der Waals surface area contributed by atoms with Gasteiger partial charge in [0.25, 0.3) is 10.0 Å². The van der Waals surface area contributed by atoms with E-state index >= 15 is 0 Å². The summed E-state index contributed by atoms with van der Waals surface area (Å²) < 4.78 is 41.4. The van der Waals surface area contributed by atoms with Crippen LogP contribution in [0.25, 0.3) is 11.1 Å². The first kappa shape index (κ1) is 21.1. The summed E-state index contributed by atoms with van der Waals surface area (Å²) in [4.78, 5) is 12.8. The molecule has 0 aliphatic carbocycles. The van der Waals surface area contributed by atoms with Crippen LogP contribution in [0.2, 0.25) is 0 Å². The molecule has 31 heavy (non-hydrogen) atoms. The van der Waals surface area contributed by atoms with Crippen LogP contribution < -0.4 is 9.62 Å². The molecule has 0 spiro atoms. The van der Waals surface area contributed by atoms with Gasteiger partial charge in [-0.15, -0.1) is 0 Å². The summed E-state index contributed by atoms with van der Waals surface area (Å²) in [7, 11) is -3.96. The number of nitrogens with one attached hydrogen (secondary N) is 1. The number of anilines is 2. The van der Waals surface area contributed by atoms with Gasteiger partial charge in [-0.2, -0.15) is 0 Å². The maximum absolute atomic E-state index is 13.9. The number of hydrogen-bond acceptors (Lipinski definition) is 3. The largest absolute Gasteiger partial charge is 0.325 e. The van der Waals surface area contributed by atoms with Gasteiger partial charge in [0.05, 0.1) is 10.6 Å². The molecule has 0 bridgehead atoms. The third-order valence-corrected chi connectivity index (χ3v) is 7.13. The highest BCUT2D eigenvalue weighted by molar-refractivity contribution is 7.93. The van der Waals surface area contributed by atoms with Crippen LogP contribution >= 0.6 is 0 Å². The zero-order valence-corrected chi connectivity index (χ0v) is 18.0. The Labute approximate surface area is 181 Å². The minimum atomic E-state index is -3.96. The van der Waals surface area contributed by atoms with Gasteiger partial charge >= 0.3 is 0 Å². The summed E-state index contributed by atoms with van der Waals surface area (Å²) in [6, 6.07) is 17.8. The number of nitrogens with zero attached hydrogens (tertiary/aromatic N) is 1. The molecule has 160 valence electrons. The molecule has 0 aromatic heterocycles. The Morgan fingerprint density at radius 1 is 1.00 bits per heavy atom. The summed E-state index contributed by atoms with van der Waals surface area (Å²) in [5.41, 5.74) is 2.94. The van der Waals surface area contributed by atoms with Crippen molar-refractivity contribution >= 4 is 27.3 Å². The standard InChI is InChI=1S/C24H23FN2O3S/c1-2-3-6-17-9-12-19(13-10-17)26-24(28)16-27-22-14-11-18(25)15-21(22)20-7-4-5-8-23(20)31(27,29)30/h4-5,7-15H,2-3,6,16H2,1H3,(H,26,28). The molecule has 4 rings (SSSR count). The van der Waals surface area contributed by atoms with Crippen molar-refractivity contribution in [3.8, 4) is 11.1 Å². The van der Waals surface area contributed by atoms with Crippen LogP contribution in [0, 0.1) is 5.82 Å². The maximum Gasteiger partial charge on any atom is 0.265 e. The monoisotopic (exact) mass is 438 g/mol. The highest BCUT2D eigenvalue weighted by Crippen LogP contribution is 2.43. The summed E-state index contributed by atoms with van der Waals surface area (Å²) >= 11 is 0. The maximum atomic E-state index is 13.9. The summed E-state index contributed by atoms with van der Waals surface area (Å²) in [5.74, 6) is -0.944. The molecule has 3 aromatic rings. The van der Waals surface area contributed by atoms with Gasteiger partial charge in [-0.1, -0.05) is 43.7 Å². The second-order valence-corrected chi connectivity index (χ2v) is 9.35. The molecule has 1 amide bonds. The van der Waals surface area contributed by atoms with Crippen molar-refractivity contribution in [1.82, 2.24) is 0 Å². The zero-order chi connectivity index (χ0) is 22.0. The first-order valence-electron chi connectivity index (χ1n) is 10.2. The molecule has 0 atom stereocenters. The SMILES string of the molecule is CCCCc1ccc(NC(=O)CN2c3ccc(F)cc3-c3ccccc3S2(=O)=O)cc1. The molecule has 1 N–H and O–H groups in total. The minimum Gasteiger partial charge on any atom is -0.325 e. The highest BCUT2D eigenvalue weighted by Gasteiger charge is 2.36. The van der Waals surface area contributed by atoms with Crippen LogP contribution in [0.15, 0.2) is 71.6 Å². The number of rotatable bonds is 6. The summed E-state index contributed by atoms with van der Waals surface area (Å²) in [5, 5.41) is 2.76. The lowest BCUT2D eigenvalue weighted by molar-refractivity contribution is -0.114. The Balaban J connectivity index is 1.60. The average Bonchev–Trinajstić information content (AvgIpc) is 2.76. The number of amides is 1. The van der Waals surface area contributed by atoms with E-state index in [1.807, 2.05) is 24.3 Å². The van der Waals surface area contributed by atoms with E-state index in [4.69, 9.17) is 0 Å². The molecule has 0 unspecified atom stereocenters. The van der Waals surface area contributed by atoms with Gasteiger partial charge in [0.15, 0.2) is 0 Å². The van der Waals surface area contributed by atoms with Crippen molar-refractivity contribution in [3.05, 3.63) is 78.1 Å². The quantitative estimate of drug-likeness (QED) is 0.590. The van der Waals surface area contributed by atoms with Crippen molar-refractivity contribution < 1.29 is 17.6 Å². The van der Waals surface area contributed by atoms with E-state index in [1.54, 1.807) is 18.2 Å². The van der Waals surface area contributed by atoms with Crippen molar-refractivity contribution in [3.63, 3.8) is 0 Å². The summed E-state index contributed by atoms with van der Waals surface area (Å²) in [6.45, 7) is 1.72. The normalized spacial score (nSPS) is 13.9.